The van der Waals surface area contributed by atoms with Crippen molar-refractivity contribution in [3.8, 4) is 0 Å². The van der Waals surface area contributed by atoms with Crippen molar-refractivity contribution < 1.29 is 19.8 Å². The first kappa shape index (κ1) is 18.5. The molecule has 0 unspecified atom stereocenters. The lowest BCUT2D eigenvalue weighted by atomic mass is 10.1. The molecule has 0 radical (unpaired) electrons. The predicted molar refractivity (Wildman–Crippen MR) is 89.5 cm³/mol. The summed E-state index contributed by atoms with van der Waals surface area (Å²) in [6.45, 7) is 3.58. The number of aryl methyl sites for hydroxylation is 2. The molecule has 8 nitrogen and oxygen atoms in total. The number of hydrogen-bond acceptors (Lipinski definition) is 4. The van der Waals surface area contributed by atoms with Gasteiger partial charge in [-0.2, -0.15) is 0 Å². The van der Waals surface area contributed by atoms with Gasteiger partial charge in [0, 0.05) is 16.3 Å². The molecule has 0 aliphatic carbocycles. The summed E-state index contributed by atoms with van der Waals surface area (Å²) in [5, 5.41) is 20.5. The quantitative estimate of drug-likeness (QED) is 0.338. The van der Waals surface area contributed by atoms with Crippen LogP contribution >= 0.6 is 0 Å². The lowest BCUT2D eigenvalue weighted by Gasteiger charge is -1.99. The van der Waals surface area contributed by atoms with Gasteiger partial charge in [-0.15, -0.1) is 0 Å². The largest absolute Gasteiger partial charge is 0.478 e. The van der Waals surface area contributed by atoms with Crippen LogP contribution in [0.1, 0.15) is 31.8 Å². The van der Waals surface area contributed by atoms with E-state index in [1.165, 1.54) is 24.3 Å². The second-order valence-corrected chi connectivity index (χ2v) is 4.87. The molecule has 2 aromatic carbocycles. The average molecular weight is 328 g/mol. The molecule has 2 aromatic rings. The Hall–Kier alpha value is -3.51. The molecule has 124 valence electrons. The zero-order valence-electron chi connectivity index (χ0n) is 13.1. The normalized spacial score (nSPS) is 9.25. The third-order valence-corrected chi connectivity index (χ3v) is 3.13. The van der Waals surface area contributed by atoms with Crippen LogP contribution in [0.4, 0.5) is 11.4 Å². The molecule has 0 aliphatic rings. The number of nitrogens with zero attached hydrogens (tertiary/aromatic N) is 3. The van der Waals surface area contributed by atoms with Crippen molar-refractivity contribution in [2.24, 2.45) is 5.11 Å². The molecule has 2 rings (SSSR count). The van der Waals surface area contributed by atoms with Crippen molar-refractivity contribution in [1.29, 1.82) is 0 Å². The van der Waals surface area contributed by atoms with Gasteiger partial charge in [0.25, 0.3) is 0 Å². The zero-order chi connectivity index (χ0) is 18.3. The predicted octanol–water partition coefficient (Wildman–Crippen LogP) is 3.91. The molecule has 0 saturated heterocycles. The summed E-state index contributed by atoms with van der Waals surface area (Å²) in [5.41, 5.74) is 16.5. The van der Waals surface area contributed by atoms with Crippen LogP contribution in [0.5, 0.6) is 0 Å². The third kappa shape index (κ3) is 5.04. The third-order valence-electron chi connectivity index (χ3n) is 3.13. The highest BCUT2D eigenvalue weighted by Gasteiger charge is 2.04. The summed E-state index contributed by atoms with van der Waals surface area (Å²) in [6, 6.07) is 9.10. The van der Waals surface area contributed by atoms with Crippen LogP contribution in [0.2, 0.25) is 0 Å². The number of nitrogens with two attached hydrogens (primary N) is 1. The number of azide groups is 1. The van der Waals surface area contributed by atoms with E-state index >= 15 is 0 Å². The molecule has 0 aromatic heterocycles. The molecule has 0 amide bonds. The van der Waals surface area contributed by atoms with E-state index in [-0.39, 0.29) is 11.1 Å². The number of nitrogen functional groups attached to an aromatic ring is 1. The molecule has 0 atom stereocenters. The van der Waals surface area contributed by atoms with Crippen molar-refractivity contribution in [3.63, 3.8) is 0 Å². The number of anilines is 1. The molecule has 0 spiro atoms. The second-order valence-electron chi connectivity index (χ2n) is 4.87. The van der Waals surface area contributed by atoms with Gasteiger partial charge in [-0.05, 0) is 54.8 Å². The van der Waals surface area contributed by atoms with Gasteiger partial charge in [-0.25, -0.2) is 9.59 Å². The van der Waals surface area contributed by atoms with E-state index in [1.54, 1.807) is 19.1 Å². The van der Waals surface area contributed by atoms with Gasteiger partial charge in [0.05, 0.1) is 11.1 Å². The van der Waals surface area contributed by atoms with Crippen molar-refractivity contribution in [1.82, 2.24) is 0 Å². The van der Waals surface area contributed by atoms with Crippen LogP contribution in [0, 0.1) is 13.8 Å². The topological polar surface area (TPSA) is 149 Å². The van der Waals surface area contributed by atoms with E-state index < -0.39 is 11.9 Å². The van der Waals surface area contributed by atoms with E-state index in [9.17, 15) is 9.59 Å². The highest BCUT2D eigenvalue weighted by Crippen LogP contribution is 2.20. The Morgan fingerprint density at radius 3 is 1.96 bits per heavy atom. The highest BCUT2D eigenvalue weighted by molar-refractivity contribution is 5.89. The minimum atomic E-state index is -1.03. The summed E-state index contributed by atoms with van der Waals surface area (Å²) < 4.78 is 0. The Bertz CT molecular complexity index is 827. The fourth-order valence-corrected chi connectivity index (χ4v) is 1.67. The molecular formula is C16H16N4O4. The fraction of sp³-hybridized carbons (Fsp3) is 0.125. The standard InChI is InChI=1S/C8H7N3O2.C8H9NO2/c1-5-2-3-6(8(12)13)4-7(5)10-11-9;1-5-2-3-6(8(10)11)4-7(5)9/h2-4H,1H3,(H,12,13);2-4H,9H2,1H3,(H,10,11). The van der Waals surface area contributed by atoms with Gasteiger partial charge in [0.2, 0.25) is 0 Å². The van der Waals surface area contributed by atoms with Gasteiger partial charge < -0.3 is 15.9 Å². The Balaban J connectivity index is 0.000000243. The average Bonchev–Trinajstić information content (AvgIpc) is 2.52. The van der Waals surface area contributed by atoms with Crippen LogP contribution < -0.4 is 5.73 Å². The summed E-state index contributed by atoms with van der Waals surface area (Å²) in [6.07, 6.45) is 0. The van der Waals surface area contributed by atoms with E-state index in [1.807, 2.05) is 6.92 Å². The number of aromatic carboxylic acids is 2. The molecule has 0 saturated carbocycles. The van der Waals surface area contributed by atoms with Gasteiger partial charge in [0.15, 0.2) is 0 Å². The van der Waals surface area contributed by atoms with Crippen LogP contribution in [0.25, 0.3) is 10.4 Å². The van der Waals surface area contributed by atoms with E-state index in [0.29, 0.717) is 11.4 Å². The SMILES string of the molecule is Cc1ccc(C(=O)O)cc1N.Cc1ccc(C(=O)O)cc1N=[N+]=[N-]. The molecular weight excluding hydrogens is 312 g/mol. The molecule has 8 heteroatoms. The minimum absolute atomic E-state index is 0.119. The van der Waals surface area contributed by atoms with Gasteiger partial charge in [-0.3, -0.25) is 0 Å². The van der Waals surface area contributed by atoms with Crippen LogP contribution in [-0.4, -0.2) is 22.2 Å². The lowest BCUT2D eigenvalue weighted by molar-refractivity contribution is 0.0686. The van der Waals surface area contributed by atoms with Crippen molar-refractivity contribution in [2.45, 2.75) is 13.8 Å². The van der Waals surface area contributed by atoms with E-state index in [2.05, 4.69) is 10.0 Å². The molecule has 4 N–H and O–H groups in total. The Morgan fingerprint density at radius 2 is 1.50 bits per heavy atom. The van der Waals surface area contributed by atoms with Crippen molar-refractivity contribution in [2.75, 3.05) is 5.73 Å². The molecule has 0 bridgehead atoms. The molecule has 0 aliphatic heterocycles. The number of carboxylic acid groups (broad SMARTS) is 2. The molecule has 0 heterocycles. The first-order chi connectivity index (χ1) is 11.3. The minimum Gasteiger partial charge on any atom is -0.478 e. The van der Waals surface area contributed by atoms with Crippen molar-refractivity contribution in [3.05, 3.63) is 69.1 Å². The first-order valence-corrected chi connectivity index (χ1v) is 6.74. The smallest absolute Gasteiger partial charge is 0.335 e. The maximum atomic E-state index is 10.5. The monoisotopic (exact) mass is 328 g/mol. The van der Waals surface area contributed by atoms with E-state index in [4.69, 9.17) is 21.5 Å². The summed E-state index contributed by atoms with van der Waals surface area (Å²) in [5.74, 6) is -1.98. The number of benzene rings is 2. The van der Waals surface area contributed by atoms with Gasteiger partial charge in [-0.1, -0.05) is 17.2 Å². The van der Waals surface area contributed by atoms with Crippen molar-refractivity contribution >= 4 is 23.3 Å². The Morgan fingerprint density at radius 1 is 1.00 bits per heavy atom. The summed E-state index contributed by atoms with van der Waals surface area (Å²) >= 11 is 0. The number of rotatable bonds is 3. The van der Waals surface area contributed by atoms with E-state index in [0.717, 1.165) is 11.1 Å². The Kier molecular flexibility index (Phi) is 6.34. The van der Waals surface area contributed by atoms with Crippen LogP contribution in [-0.2, 0) is 0 Å². The molecule has 0 fully saturated rings. The maximum absolute atomic E-state index is 10.5. The van der Waals surface area contributed by atoms with Crippen LogP contribution in [0.15, 0.2) is 41.5 Å². The number of carbonyl (C=O) groups is 2. The van der Waals surface area contributed by atoms with Gasteiger partial charge in [0.1, 0.15) is 0 Å². The summed E-state index contributed by atoms with van der Waals surface area (Å²) in [7, 11) is 0. The lowest BCUT2D eigenvalue weighted by Crippen LogP contribution is -1.98. The Labute approximate surface area is 137 Å². The zero-order valence-corrected chi connectivity index (χ0v) is 13.1. The maximum Gasteiger partial charge on any atom is 0.335 e. The number of hydrogen-bond donors (Lipinski definition) is 3. The summed E-state index contributed by atoms with van der Waals surface area (Å²) in [4.78, 5) is 23.5. The molecule has 24 heavy (non-hydrogen) atoms. The fourth-order valence-electron chi connectivity index (χ4n) is 1.67. The second kappa shape index (κ2) is 8.21. The van der Waals surface area contributed by atoms with Gasteiger partial charge >= 0.3 is 11.9 Å². The number of carboxylic acids is 2. The van der Waals surface area contributed by atoms with Crippen LogP contribution in [0.3, 0.4) is 0 Å². The highest BCUT2D eigenvalue weighted by atomic mass is 16.4. The first-order valence-electron chi connectivity index (χ1n) is 6.74.